The maximum atomic E-state index is 12.7. The van der Waals surface area contributed by atoms with Crippen molar-refractivity contribution in [3.8, 4) is 5.75 Å². The molecule has 1 heterocycles. The van der Waals surface area contributed by atoms with Crippen molar-refractivity contribution in [2.75, 3.05) is 12.4 Å². The number of aryl methyl sites for hydroxylation is 1. The van der Waals surface area contributed by atoms with E-state index in [0.717, 1.165) is 30.6 Å². The van der Waals surface area contributed by atoms with E-state index < -0.39 is 5.97 Å². The number of aromatic nitrogens is 1. The van der Waals surface area contributed by atoms with Crippen molar-refractivity contribution in [1.29, 1.82) is 0 Å². The van der Waals surface area contributed by atoms with E-state index in [9.17, 15) is 9.59 Å². The molecule has 1 aromatic heterocycles. The van der Waals surface area contributed by atoms with Crippen LogP contribution in [0.25, 0.3) is 0 Å². The number of nitrogens with one attached hydrogen (secondary N) is 1. The Labute approximate surface area is 143 Å². The number of carbonyl (C=O) groups excluding carboxylic acids is 1. The van der Waals surface area contributed by atoms with Crippen molar-refractivity contribution in [3.63, 3.8) is 0 Å². The number of amides is 1. The third kappa shape index (κ3) is 3.56. The molecule has 1 atom stereocenters. The first-order valence-electron chi connectivity index (χ1n) is 7.70. The second-order valence-electron chi connectivity index (χ2n) is 5.71. The smallest absolute Gasteiger partial charge is 0.309 e. The highest BCUT2D eigenvalue weighted by molar-refractivity contribution is 7.13. The SMILES string of the molecule is COc1ccc2c(c1)C(C(=O)Nc1nc(CC(=O)O)cs1)CCC2. The predicted octanol–water partition coefficient (Wildman–Crippen LogP) is 2.84. The Kier molecular flexibility index (Phi) is 4.80. The molecule has 1 aliphatic rings. The molecule has 0 aliphatic heterocycles. The fourth-order valence-corrected chi connectivity index (χ4v) is 3.68. The van der Waals surface area contributed by atoms with Gasteiger partial charge in [0.15, 0.2) is 5.13 Å². The average molecular weight is 346 g/mol. The van der Waals surface area contributed by atoms with Gasteiger partial charge in [0.2, 0.25) is 5.91 Å². The molecular weight excluding hydrogens is 328 g/mol. The van der Waals surface area contributed by atoms with Crippen molar-refractivity contribution in [2.24, 2.45) is 0 Å². The second kappa shape index (κ2) is 7.00. The summed E-state index contributed by atoms with van der Waals surface area (Å²) in [6.45, 7) is 0. The number of aliphatic carboxylic acids is 1. The number of nitrogens with zero attached hydrogens (tertiary/aromatic N) is 1. The molecule has 126 valence electrons. The Balaban J connectivity index is 1.76. The molecule has 7 heteroatoms. The number of carboxylic acids is 1. The average Bonchev–Trinajstić information content (AvgIpc) is 2.99. The molecule has 3 rings (SSSR count). The number of ether oxygens (including phenoxy) is 1. The highest BCUT2D eigenvalue weighted by Crippen LogP contribution is 2.35. The molecule has 6 nitrogen and oxygen atoms in total. The number of thiazole rings is 1. The third-order valence-corrected chi connectivity index (χ3v) is 4.90. The van der Waals surface area contributed by atoms with Crippen molar-refractivity contribution < 1.29 is 19.4 Å². The summed E-state index contributed by atoms with van der Waals surface area (Å²) in [5.41, 5.74) is 2.63. The molecule has 0 radical (unpaired) electrons. The molecule has 0 saturated heterocycles. The first-order valence-corrected chi connectivity index (χ1v) is 8.58. The van der Waals surface area contributed by atoms with E-state index >= 15 is 0 Å². The molecule has 0 bridgehead atoms. The minimum atomic E-state index is -0.938. The molecule has 24 heavy (non-hydrogen) atoms. The summed E-state index contributed by atoms with van der Waals surface area (Å²) in [6, 6.07) is 5.86. The van der Waals surface area contributed by atoms with Crippen LogP contribution < -0.4 is 10.1 Å². The largest absolute Gasteiger partial charge is 0.497 e. The fraction of sp³-hybridized carbons (Fsp3) is 0.353. The number of carbonyl (C=O) groups is 2. The molecule has 1 unspecified atom stereocenters. The Morgan fingerprint density at radius 2 is 2.29 bits per heavy atom. The van der Waals surface area contributed by atoms with E-state index in [0.29, 0.717) is 10.8 Å². The minimum absolute atomic E-state index is 0.111. The van der Waals surface area contributed by atoms with Crippen LogP contribution in [0.3, 0.4) is 0 Å². The van der Waals surface area contributed by atoms with Gasteiger partial charge in [-0.3, -0.25) is 9.59 Å². The van der Waals surface area contributed by atoms with E-state index in [4.69, 9.17) is 9.84 Å². The maximum absolute atomic E-state index is 12.7. The van der Waals surface area contributed by atoms with E-state index in [1.165, 1.54) is 16.9 Å². The van der Waals surface area contributed by atoms with E-state index in [-0.39, 0.29) is 18.2 Å². The first-order chi connectivity index (χ1) is 11.6. The summed E-state index contributed by atoms with van der Waals surface area (Å²) in [7, 11) is 1.61. The Hall–Kier alpha value is -2.41. The van der Waals surface area contributed by atoms with E-state index in [2.05, 4.69) is 10.3 Å². The van der Waals surface area contributed by atoms with Gasteiger partial charge in [-0.05, 0) is 42.5 Å². The summed E-state index contributed by atoms with van der Waals surface area (Å²) in [6.07, 6.45) is 2.55. The molecule has 2 aromatic rings. The lowest BCUT2D eigenvalue weighted by atomic mass is 9.82. The fourth-order valence-electron chi connectivity index (χ4n) is 2.97. The van der Waals surface area contributed by atoms with Crippen LogP contribution in [0.15, 0.2) is 23.6 Å². The first kappa shape index (κ1) is 16.4. The summed E-state index contributed by atoms with van der Waals surface area (Å²) in [4.78, 5) is 27.5. The van der Waals surface area contributed by atoms with Crippen molar-refractivity contribution in [1.82, 2.24) is 4.98 Å². The van der Waals surface area contributed by atoms with Gasteiger partial charge in [-0.1, -0.05) is 6.07 Å². The van der Waals surface area contributed by atoms with Crippen LogP contribution in [0, 0.1) is 0 Å². The van der Waals surface area contributed by atoms with Gasteiger partial charge >= 0.3 is 5.97 Å². The van der Waals surface area contributed by atoms with E-state index in [1.54, 1.807) is 12.5 Å². The molecular formula is C17H18N2O4S. The van der Waals surface area contributed by atoms with Gasteiger partial charge in [0.05, 0.1) is 25.1 Å². The molecule has 1 aliphatic carbocycles. The normalized spacial score (nSPS) is 16.3. The number of rotatable bonds is 5. The zero-order chi connectivity index (χ0) is 17.1. The topological polar surface area (TPSA) is 88.5 Å². The van der Waals surface area contributed by atoms with Gasteiger partial charge in [0.25, 0.3) is 0 Å². The highest BCUT2D eigenvalue weighted by Gasteiger charge is 2.27. The van der Waals surface area contributed by atoms with E-state index in [1.807, 2.05) is 18.2 Å². The monoisotopic (exact) mass is 346 g/mol. The lowest BCUT2D eigenvalue weighted by Gasteiger charge is -2.24. The molecule has 2 N–H and O–H groups in total. The Bertz CT molecular complexity index is 772. The van der Waals surface area contributed by atoms with Crippen molar-refractivity contribution in [2.45, 2.75) is 31.6 Å². The van der Waals surface area contributed by atoms with Crippen LogP contribution in [0.1, 0.15) is 35.6 Å². The lowest BCUT2D eigenvalue weighted by Crippen LogP contribution is -2.24. The van der Waals surface area contributed by atoms with Crippen molar-refractivity contribution in [3.05, 3.63) is 40.4 Å². The summed E-state index contributed by atoms with van der Waals surface area (Å²) in [5.74, 6) is -0.547. The van der Waals surface area contributed by atoms with Crippen LogP contribution in [-0.4, -0.2) is 29.1 Å². The number of anilines is 1. The van der Waals surface area contributed by atoms with Gasteiger partial charge in [-0.2, -0.15) is 0 Å². The van der Waals surface area contributed by atoms with Crippen LogP contribution in [0.4, 0.5) is 5.13 Å². The minimum Gasteiger partial charge on any atom is -0.497 e. The molecule has 0 saturated carbocycles. The number of methoxy groups -OCH3 is 1. The number of hydrogen-bond donors (Lipinski definition) is 2. The number of benzene rings is 1. The molecule has 1 aromatic carbocycles. The lowest BCUT2D eigenvalue weighted by molar-refractivity contribution is -0.136. The summed E-state index contributed by atoms with van der Waals surface area (Å²) < 4.78 is 5.27. The van der Waals surface area contributed by atoms with Crippen LogP contribution in [-0.2, 0) is 22.4 Å². The second-order valence-corrected chi connectivity index (χ2v) is 6.57. The van der Waals surface area contributed by atoms with Crippen LogP contribution in [0.2, 0.25) is 0 Å². The predicted molar refractivity (Wildman–Crippen MR) is 90.8 cm³/mol. The number of fused-ring (bicyclic) bond motifs is 1. The van der Waals surface area contributed by atoms with Crippen molar-refractivity contribution >= 4 is 28.3 Å². The Morgan fingerprint density at radius 3 is 3.04 bits per heavy atom. The summed E-state index contributed by atoms with van der Waals surface area (Å²) in [5, 5.41) is 13.7. The molecule has 0 fully saturated rings. The van der Waals surface area contributed by atoms with Crippen LogP contribution >= 0.6 is 11.3 Å². The summed E-state index contributed by atoms with van der Waals surface area (Å²) >= 11 is 1.24. The highest BCUT2D eigenvalue weighted by atomic mass is 32.1. The Morgan fingerprint density at radius 1 is 1.46 bits per heavy atom. The van der Waals surface area contributed by atoms with Gasteiger partial charge in [-0.15, -0.1) is 11.3 Å². The molecule has 1 amide bonds. The zero-order valence-electron chi connectivity index (χ0n) is 13.2. The standard InChI is InChI=1S/C17H18N2O4S/c1-23-12-6-5-10-3-2-4-13(14(10)8-12)16(22)19-17-18-11(9-24-17)7-15(20)21/h5-6,8-9,13H,2-4,7H2,1H3,(H,20,21)(H,18,19,22). The van der Waals surface area contributed by atoms with Gasteiger partial charge < -0.3 is 15.2 Å². The number of carboxylic acid groups (broad SMARTS) is 1. The third-order valence-electron chi connectivity index (χ3n) is 4.10. The maximum Gasteiger partial charge on any atom is 0.309 e. The quantitative estimate of drug-likeness (QED) is 0.869. The van der Waals surface area contributed by atoms with Gasteiger partial charge in [0, 0.05) is 5.38 Å². The molecule has 0 spiro atoms. The van der Waals surface area contributed by atoms with Gasteiger partial charge in [-0.25, -0.2) is 4.98 Å². The number of hydrogen-bond acceptors (Lipinski definition) is 5. The zero-order valence-corrected chi connectivity index (χ0v) is 14.1. The van der Waals surface area contributed by atoms with Crippen LogP contribution in [0.5, 0.6) is 5.75 Å². The van der Waals surface area contributed by atoms with Gasteiger partial charge in [0.1, 0.15) is 5.75 Å².